The summed E-state index contributed by atoms with van der Waals surface area (Å²) >= 11 is 0. The quantitative estimate of drug-likeness (QED) is 0.383. The number of nitrogens with zero attached hydrogens (tertiary/aromatic N) is 4. The van der Waals surface area contributed by atoms with E-state index in [4.69, 9.17) is 8.94 Å². The van der Waals surface area contributed by atoms with Gasteiger partial charge in [-0.3, -0.25) is 19.8 Å². The number of hydrogen-bond acceptors (Lipinski definition) is 8. The first-order chi connectivity index (χ1) is 14.2. The Labute approximate surface area is 169 Å². The predicted molar refractivity (Wildman–Crippen MR) is 101 cm³/mol. The fraction of sp³-hybridized carbons (Fsp3) is 0.263. The van der Waals surface area contributed by atoms with E-state index in [-0.39, 0.29) is 23.9 Å². The van der Waals surface area contributed by atoms with Crippen LogP contribution in [-0.4, -0.2) is 31.9 Å². The van der Waals surface area contributed by atoms with Gasteiger partial charge in [-0.1, -0.05) is 5.16 Å². The molecule has 0 spiro atoms. The number of furan rings is 1. The van der Waals surface area contributed by atoms with Crippen LogP contribution < -0.4 is 5.32 Å². The van der Waals surface area contributed by atoms with Crippen LogP contribution in [0.15, 0.2) is 39.3 Å². The second kappa shape index (κ2) is 6.79. The molecule has 3 amide bonds. The molecule has 30 heavy (non-hydrogen) atoms. The number of benzene rings is 1. The van der Waals surface area contributed by atoms with Crippen molar-refractivity contribution in [2.75, 3.05) is 0 Å². The minimum absolute atomic E-state index is 0.0520. The van der Waals surface area contributed by atoms with Crippen molar-refractivity contribution in [1.82, 2.24) is 20.4 Å². The standard InChI is InChI=1S/C19H17N5O6/c1-10-8-14(11(2)29-10)19(3)17(25)23(18(26)21-19)9-15-20-16(22-30-15)12-4-6-13(7-5-12)24(27)28/h4-8H,9H2,1-3H3,(H,21,26). The van der Waals surface area contributed by atoms with E-state index in [1.54, 1.807) is 26.8 Å². The minimum Gasteiger partial charge on any atom is -0.466 e. The van der Waals surface area contributed by atoms with Crippen molar-refractivity contribution >= 4 is 17.6 Å². The van der Waals surface area contributed by atoms with E-state index in [1.165, 1.54) is 24.3 Å². The predicted octanol–water partition coefficient (Wildman–Crippen LogP) is 2.82. The number of rotatable bonds is 5. The maximum absolute atomic E-state index is 13.0. The van der Waals surface area contributed by atoms with Crippen molar-refractivity contribution < 1.29 is 23.5 Å². The van der Waals surface area contributed by atoms with Crippen LogP contribution in [0.25, 0.3) is 11.4 Å². The van der Waals surface area contributed by atoms with E-state index in [1.807, 2.05) is 0 Å². The summed E-state index contributed by atoms with van der Waals surface area (Å²) in [5.41, 5.74) is -0.244. The molecule has 1 saturated heterocycles. The number of aromatic nitrogens is 2. The van der Waals surface area contributed by atoms with Gasteiger partial charge in [-0.05, 0) is 39.0 Å². The number of carbonyl (C=O) groups excluding carboxylic acids is 2. The highest BCUT2D eigenvalue weighted by atomic mass is 16.6. The maximum atomic E-state index is 13.0. The van der Waals surface area contributed by atoms with E-state index in [0.717, 1.165) is 4.90 Å². The Balaban J connectivity index is 1.55. The maximum Gasteiger partial charge on any atom is 0.325 e. The average Bonchev–Trinajstić information content (AvgIpc) is 3.36. The number of hydrogen-bond donors (Lipinski definition) is 1. The van der Waals surface area contributed by atoms with Gasteiger partial charge in [0.05, 0.1) is 4.92 Å². The van der Waals surface area contributed by atoms with E-state index < -0.39 is 22.4 Å². The van der Waals surface area contributed by atoms with E-state index in [9.17, 15) is 19.7 Å². The number of urea groups is 1. The summed E-state index contributed by atoms with van der Waals surface area (Å²) in [6, 6.07) is 6.75. The second-order valence-corrected chi connectivity index (χ2v) is 7.09. The molecule has 4 rings (SSSR count). The van der Waals surface area contributed by atoms with E-state index >= 15 is 0 Å². The highest BCUT2D eigenvalue weighted by molar-refractivity contribution is 6.07. The Kier molecular flexibility index (Phi) is 4.37. The summed E-state index contributed by atoms with van der Waals surface area (Å²) in [6.07, 6.45) is 0. The molecule has 3 heterocycles. The van der Waals surface area contributed by atoms with Gasteiger partial charge in [-0.25, -0.2) is 4.79 Å². The molecular formula is C19H17N5O6. The molecular weight excluding hydrogens is 394 g/mol. The fourth-order valence-corrected chi connectivity index (χ4v) is 3.45. The zero-order valence-electron chi connectivity index (χ0n) is 16.3. The number of imide groups is 1. The topological polar surface area (TPSA) is 145 Å². The molecule has 154 valence electrons. The number of aryl methyl sites for hydroxylation is 2. The zero-order chi connectivity index (χ0) is 21.6. The van der Waals surface area contributed by atoms with Crippen molar-refractivity contribution in [2.24, 2.45) is 0 Å². The van der Waals surface area contributed by atoms with E-state index in [2.05, 4.69) is 15.5 Å². The van der Waals surface area contributed by atoms with Crippen molar-refractivity contribution in [3.63, 3.8) is 0 Å². The molecule has 1 aliphatic heterocycles. The molecule has 1 unspecified atom stereocenters. The van der Waals surface area contributed by atoms with Crippen LogP contribution in [0, 0.1) is 24.0 Å². The molecule has 1 aliphatic rings. The lowest BCUT2D eigenvalue weighted by Crippen LogP contribution is -2.41. The molecule has 0 aliphatic carbocycles. The summed E-state index contributed by atoms with van der Waals surface area (Å²) in [7, 11) is 0. The lowest BCUT2D eigenvalue weighted by molar-refractivity contribution is -0.384. The number of nitro benzene ring substituents is 1. The Morgan fingerprint density at radius 1 is 1.23 bits per heavy atom. The van der Waals surface area contributed by atoms with Gasteiger partial charge in [0.1, 0.15) is 23.6 Å². The van der Waals surface area contributed by atoms with Crippen LogP contribution in [0.5, 0.6) is 0 Å². The third kappa shape index (κ3) is 3.09. The third-order valence-electron chi connectivity index (χ3n) is 4.95. The molecule has 1 atom stereocenters. The summed E-state index contributed by atoms with van der Waals surface area (Å²) in [5, 5.41) is 17.3. The first kappa shape index (κ1) is 19.3. The summed E-state index contributed by atoms with van der Waals surface area (Å²) in [6.45, 7) is 4.89. The van der Waals surface area contributed by atoms with E-state index in [0.29, 0.717) is 22.6 Å². The number of nitro groups is 1. The molecule has 3 aromatic rings. The van der Waals surface area contributed by atoms with Gasteiger partial charge in [0.15, 0.2) is 0 Å². The Hall–Kier alpha value is -4.02. The summed E-state index contributed by atoms with van der Waals surface area (Å²) in [5.74, 6) is 0.955. The largest absolute Gasteiger partial charge is 0.466 e. The molecule has 2 aromatic heterocycles. The lowest BCUT2D eigenvalue weighted by atomic mass is 9.92. The molecule has 11 nitrogen and oxygen atoms in total. The first-order valence-electron chi connectivity index (χ1n) is 8.98. The Morgan fingerprint density at radius 2 is 1.93 bits per heavy atom. The van der Waals surface area contributed by atoms with Crippen LogP contribution >= 0.6 is 0 Å². The fourth-order valence-electron chi connectivity index (χ4n) is 3.45. The van der Waals surface area contributed by atoms with Crippen LogP contribution in [0.3, 0.4) is 0 Å². The molecule has 1 aromatic carbocycles. The first-order valence-corrected chi connectivity index (χ1v) is 8.98. The Bertz CT molecular complexity index is 1160. The summed E-state index contributed by atoms with van der Waals surface area (Å²) in [4.78, 5) is 40.9. The number of nitrogens with one attached hydrogen (secondary N) is 1. The zero-order valence-corrected chi connectivity index (χ0v) is 16.3. The lowest BCUT2D eigenvalue weighted by Gasteiger charge is -2.20. The third-order valence-corrected chi connectivity index (χ3v) is 4.95. The second-order valence-electron chi connectivity index (χ2n) is 7.09. The molecule has 1 N–H and O–H groups in total. The molecule has 0 radical (unpaired) electrons. The van der Waals surface area contributed by atoms with Gasteiger partial charge in [0.25, 0.3) is 11.6 Å². The van der Waals surface area contributed by atoms with Gasteiger partial charge in [0, 0.05) is 23.3 Å². The number of carbonyl (C=O) groups is 2. The van der Waals surface area contributed by atoms with Crippen molar-refractivity contribution in [3.05, 3.63) is 63.4 Å². The van der Waals surface area contributed by atoms with Crippen molar-refractivity contribution in [3.8, 4) is 11.4 Å². The minimum atomic E-state index is -1.26. The van der Waals surface area contributed by atoms with Gasteiger partial charge in [-0.15, -0.1) is 0 Å². The highest BCUT2D eigenvalue weighted by Gasteiger charge is 2.51. The van der Waals surface area contributed by atoms with Gasteiger partial charge in [-0.2, -0.15) is 4.98 Å². The highest BCUT2D eigenvalue weighted by Crippen LogP contribution is 2.33. The van der Waals surface area contributed by atoms with Crippen LogP contribution in [0.1, 0.15) is 29.9 Å². The molecule has 11 heteroatoms. The molecule has 0 bridgehead atoms. The summed E-state index contributed by atoms with van der Waals surface area (Å²) < 4.78 is 10.7. The van der Waals surface area contributed by atoms with Gasteiger partial charge in [0.2, 0.25) is 11.7 Å². The number of amides is 3. The van der Waals surface area contributed by atoms with Crippen LogP contribution in [0.4, 0.5) is 10.5 Å². The monoisotopic (exact) mass is 411 g/mol. The molecule has 1 fully saturated rings. The normalized spacial score (nSPS) is 18.7. The van der Waals surface area contributed by atoms with Crippen LogP contribution in [-0.2, 0) is 16.9 Å². The van der Waals surface area contributed by atoms with Crippen molar-refractivity contribution in [1.29, 1.82) is 0 Å². The molecule has 0 saturated carbocycles. The van der Waals surface area contributed by atoms with Gasteiger partial charge < -0.3 is 14.3 Å². The SMILES string of the molecule is Cc1cc(C2(C)NC(=O)N(Cc3nc(-c4ccc([N+](=O)[O-])cc4)no3)C2=O)c(C)o1. The van der Waals surface area contributed by atoms with Gasteiger partial charge >= 0.3 is 6.03 Å². The van der Waals surface area contributed by atoms with Crippen molar-refractivity contribution in [2.45, 2.75) is 32.9 Å². The number of non-ortho nitro benzene ring substituents is 1. The average molecular weight is 411 g/mol. The Morgan fingerprint density at radius 3 is 2.53 bits per heavy atom. The smallest absolute Gasteiger partial charge is 0.325 e. The van der Waals surface area contributed by atoms with Crippen LogP contribution in [0.2, 0.25) is 0 Å².